The largest absolute Gasteiger partial charge is 0.429 e. The number of benzene rings is 1. The van der Waals surface area contributed by atoms with Gasteiger partial charge in [-0.15, -0.1) is 0 Å². The van der Waals surface area contributed by atoms with Crippen LogP contribution in [0, 0.1) is 4.84 Å². The minimum atomic E-state index is -2.83. The normalized spacial score (nSPS) is 24.9. The van der Waals surface area contributed by atoms with E-state index < -0.39 is 9.84 Å². The fourth-order valence-electron chi connectivity index (χ4n) is 3.71. The lowest BCUT2D eigenvalue weighted by atomic mass is 10.2. The maximum absolute atomic E-state index is 11.7. The molecule has 25 heavy (non-hydrogen) atoms. The summed E-state index contributed by atoms with van der Waals surface area (Å²) in [6.45, 7) is 4.21. The number of oxazole rings is 1. The Bertz CT molecular complexity index is 945. The Morgan fingerprint density at radius 3 is 2.68 bits per heavy atom. The predicted octanol–water partition coefficient (Wildman–Crippen LogP) is 2.38. The van der Waals surface area contributed by atoms with Gasteiger partial charge in [-0.25, -0.2) is 8.42 Å². The molecule has 1 aromatic carbocycles. The lowest BCUT2D eigenvalue weighted by Gasteiger charge is -2.37. The number of sulfone groups is 1. The van der Waals surface area contributed by atoms with Crippen LogP contribution in [0.5, 0.6) is 0 Å². The third-order valence-corrected chi connectivity index (χ3v) is 7.39. The van der Waals surface area contributed by atoms with E-state index in [1.165, 1.54) is 0 Å². The highest BCUT2D eigenvalue weighted by molar-refractivity contribution is 7.91. The van der Waals surface area contributed by atoms with E-state index in [4.69, 9.17) is 28.2 Å². The molecule has 6 nitrogen and oxygen atoms in total. The van der Waals surface area contributed by atoms with Crippen molar-refractivity contribution in [2.24, 2.45) is 0 Å². The molecule has 3 heterocycles. The van der Waals surface area contributed by atoms with Gasteiger partial charge in [0.25, 0.3) is 4.84 Å². The Labute approximate surface area is 156 Å². The van der Waals surface area contributed by atoms with Crippen molar-refractivity contribution >= 4 is 44.8 Å². The molecule has 1 aromatic heterocycles. The van der Waals surface area contributed by atoms with E-state index in [0.29, 0.717) is 33.6 Å². The Morgan fingerprint density at radius 1 is 1.24 bits per heavy atom. The lowest BCUT2D eigenvalue weighted by molar-refractivity contribution is 0.0845. The van der Waals surface area contributed by atoms with Crippen LogP contribution in [0.15, 0.2) is 22.6 Å². The van der Waals surface area contributed by atoms with E-state index in [-0.39, 0.29) is 6.04 Å². The molecule has 0 unspecified atom stereocenters. The molecule has 1 atom stereocenters. The number of nitrogens with zero attached hydrogens (tertiary/aromatic N) is 3. The maximum Gasteiger partial charge on any atom is 0.270 e. The second-order valence-electron chi connectivity index (χ2n) is 6.76. The van der Waals surface area contributed by atoms with Crippen molar-refractivity contribution in [2.45, 2.75) is 19.1 Å². The number of hydrogen-bond acceptors (Lipinski definition) is 6. The highest BCUT2D eigenvalue weighted by Gasteiger charge is 2.33. The number of rotatable bonds is 3. The van der Waals surface area contributed by atoms with Crippen LogP contribution in [-0.4, -0.2) is 66.5 Å². The molecule has 2 aliphatic rings. The van der Waals surface area contributed by atoms with Crippen molar-refractivity contribution < 1.29 is 12.8 Å². The molecule has 9 heteroatoms. The Balaban J connectivity index is 1.42. The predicted molar refractivity (Wildman–Crippen MR) is 100 cm³/mol. The van der Waals surface area contributed by atoms with E-state index in [1.54, 1.807) is 6.07 Å². The smallest absolute Gasteiger partial charge is 0.270 e. The van der Waals surface area contributed by atoms with Crippen LogP contribution in [-0.2, 0) is 16.5 Å². The first-order valence-electron chi connectivity index (χ1n) is 8.37. The summed E-state index contributed by atoms with van der Waals surface area (Å²) >= 11 is 11.4. The van der Waals surface area contributed by atoms with Gasteiger partial charge in [0, 0.05) is 43.3 Å². The summed E-state index contributed by atoms with van der Waals surface area (Å²) in [5, 5.41) is 0.628. The van der Waals surface area contributed by atoms with Gasteiger partial charge in [0.1, 0.15) is 0 Å². The van der Waals surface area contributed by atoms with E-state index in [2.05, 4.69) is 9.80 Å². The Morgan fingerprint density at radius 2 is 2.00 bits per heavy atom. The zero-order valence-corrected chi connectivity index (χ0v) is 16.1. The van der Waals surface area contributed by atoms with Gasteiger partial charge in [0.05, 0.1) is 23.7 Å². The molecule has 4 rings (SSSR count). The zero-order valence-electron chi connectivity index (χ0n) is 13.7. The topological polar surface area (TPSA) is 58.7 Å². The first-order chi connectivity index (χ1) is 11.9. The van der Waals surface area contributed by atoms with Gasteiger partial charge in [-0.05, 0) is 30.8 Å². The van der Waals surface area contributed by atoms with E-state index in [0.717, 1.165) is 38.1 Å². The molecule has 0 N–H and O–H groups in total. The minimum Gasteiger partial charge on any atom is -0.429 e. The van der Waals surface area contributed by atoms with Crippen molar-refractivity contribution in [2.75, 3.05) is 37.7 Å². The molecule has 0 radical (unpaired) electrons. The average molecular weight is 402 g/mol. The van der Waals surface area contributed by atoms with Crippen molar-refractivity contribution in [3.8, 4) is 0 Å². The minimum absolute atomic E-state index is 0.186. The van der Waals surface area contributed by atoms with Crippen LogP contribution in [0.4, 0.5) is 0 Å². The number of piperazine rings is 1. The summed E-state index contributed by atoms with van der Waals surface area (Å²) < 4.78 is 31.0. The Hall–Kier alpha value is -0.930. The van der Waals surface area contributed by atoms with Crippen molar-refractivity contribution in [3.05, 3.63) is 28.1 Å². The summed E-state index contributed by atoms with van der Waals surface area (Å²) in [5.41, 5.74) is 1.64. The number of fused-ring (bicyclic) bond motifs is 1. The third kappa shape index (κ3) is 3.64. The summed E-state index contributed by atoms with van der Waals surface area (Å²) in [7, 11) is -2.83. The average Bonchev–Trinajstić information content (AvgIpc) is 3.07. The lowest BCUT2D eigenvalue weighted by Crippen LogP contribution is -2.50. The van der Waals surface area contributed by atoms with E-state index >= 15 is 0 Å². The van der Waals surface area contributed by atoms with Crippen molar-refractivity contribution in [1.29, 1.82) is 0 Å². The summed E-state index contributed by atoms with van der Waals surface area (Å²) in [5.74, 6) is 0.641. The van der Waals surface area contributed by atoms with Crippen LogP contribution in [0.25, 0.3) is 11.1 Å². The molecule has 0 bridgehead atoms. The van der Waals surface area contributed by atoms with Crippen molar-refractivity contribution in [1.82, 2.24) is 14.4 Å². The molecule has 2 aliphatic heterocycles. The third-order valence-electron chi connectivity index (χ3n) is 5.10. The molecule has 0 saturated carbocycles. The molecule has 0 amide bonds. The van der Waals surface area contributed by atoms with Gasteiger partial charge in [-0.3, -0.25) is 14.4 Å². The monoisotopic (exact) mass is 401 g/mol. The van der Waals surface area contributed by atoms with Gasteiger partial charge < -0.3 is 4.42 Å². The second kappa shape index (κ2) is 6.66. The fraction of sp³-hybridized carbons (Fsp3) is 0.562. The molecule has 2 aromatic rings. The first kappa shape index (κ1) is 17.5. The quantitative estimate of drug-likeness (QED) is 0.736. The molecule has 2 saturated heterocycles. The SMILES string of the molecule is O=S1(=O)CC[C@@H](N2CCN(Cn3c(=S)oc4cc(Cl)ccc43)CC2)C1. The standard InChI is InChI=1S/C16H20ClN3O3S2/c17-12-1-2-14-15(9-12)23-16(24)20(14)11-18-4-6-19(7-5-18)13-3-8-25(21,22)10-13/h1-2,9,13H,3-8,10-11H2/t13-/m1/s1. The fourth-order valence-corrected chi connectivity index (χ4v) is 5.88. The molecule has 2 fully saturated rings. The maximum atomic E-state index is 11.7. The van der Waals surface area contributed by atoms with Gasteiger partial charge >= 0.3 is 0 Å². The van der Waals surface area contributed by atoms with Gasteiger partial charge in [0.2, 0.25) is 0 Å². The van der Waals surface area contributed by atoms with Crippen LogP contribution in [0.2, 0.25) is 5.02 Å². The van der Waals surface area contributed by atoms with Crippen molar-refractivity contribution in [3.63, 3.8) is 0 Å². The summed E-state index contributed by atoms with van der Waals surface area (Å²) in [4.78, 5) is 5.08. The number of hydrogen-bond donors (Lipinski definition) is 0. The first-order valence-corrected chi connectivity index (χ1v) is 11.0. The molecular weight excluding hydrogens is 382 g/mol. The van der Waals surface area contributed by atoms with E-state index in [1.807, 2.05) is 16.7 Å². The van der Waals surface area contributed by atoms with Gasteiger partial charge in [-0.1, -0.05) is 11.6 Å². The summed E-state index contributed by atoms with van der Waals surface area (Å²) in [6, 6.07) is 5.73. The molecule has 136 valence electrons. The molecule has 0 aliphatic carbocycles. The molecule has 0 spiro atoms. The van der Waals surface area contributed by atoms with Gasteiger partial charge in [-0.2, -0.15) is 0 Å². The van der Waals surface area contributed by atoms with Crippen LogP contribution in [0.1, 0.15) is 6.42 Å². The highest BCUT2D eigenvalue weighted by Crippen LogP contribution is 2.23. The zero-order chi connectivity index (χ0) is 17.6. The van der Waals surface area contributed by atoms with Gasteiger partial charge in [0.15, 0.2) is 15.4 Å². The molecular formula is C16H20ClN3O3S2. The van der Waals surface area contributed by atoms with Crippen LogP contribution < -0.4 is 0 Å². The second-order valence-corrected chi connectivity index (χ2v) is 9.77. The number of aromatic nitrogens is 1. The van der Waals surface area contributed by atoms with Crippen LogP contribution in [0.3, 0.4) is 0 Å². The van der Waals surface area contributed by atoms with E-state index in [9.17, 15) is 8.42 Å². The highest BCUT2D eigenvalue weighted by atomic mass is 35.5. The number of halogens is 1. The summed E-state index contributed by atoms with van der Waals surface area (Å²) in [6.07, 6.45) is 0.764. The Kier molecular flexibility index (Phi) is 4.66. The van der Waals surface area contributed by atoms with Crippen LogP contribution >= 0.6 is 23.8 Å².